The monoisotopic (exact) mass is 561 g/mol. The summed E-state index contributed by atoms with van der Waals surface area (Å²) in [5.41, 5.74) is -0.131. The Kier molecular flexibility index (Phi) is 11.3. The number of carbonyl (C=O) groups excluding carboxylic acids is 3. The molecule has 214 valence electrons. The Morgan fingerprint density at radius 3 is 2.00 bits per heavy atom. The fraction of sp³-hybridized carbons (Fsp3) is 0.483. The van der Waals surface area contributed by atoms with Crippen LogP contribution in [0.3, 0.4) is 0 Å². The number of hydrogen-bond acceptors (Lipinski definition) is 8. The topological polar surface area (TPSA) is 117 Å². The van der Waals surface area contributed by atoms with Crippen molar-refractivity contribution in [1.29, 1.82) is 0 Å². The van der Waals surface area contributed by atoms with Crippen molar-refractivity contribution in [3.8, 4) is 0 Å². The van der Waals surface area contributed by atoms with Crippen LogP contribution in [-0.2, 0) is 39.5 Å². The summed E-state index contributed by atoms with van der Waals surface area (Å²) in [5, 5.41) is 2.99. The third-order valence-corrected chi connectivity index (χ3v) is 7.93. The van der Waals surface area contributed by atoms with E-state index in [9.17, 15) is 18.9 Å². The summed E-state index contributed by atoms with van der Waals surface area (Å²) in [5.74, 6) is -1.89. The van der Waals surface area contributed by atoms with Gasteiger partial charge in [-0.25, -0.2) is 4.79 Å². The lowest BCUT2D eigenvalue weighted by Gasteiger charge is -2.27. The molecule has 2 rings (SSSR count). The van der Waals surface area contributed by atoms with Gasteiger partial charge < -0.3 is 18.7 Å². The zero-order chi connectivity index (χ0) is 29.3. The van der Waals surface area contributed by atoms with Gasteiger partial charge in [0, 0.05) is 30.7 Å². The molecular formula is C29H40NO8P. The van der Waals surface area contributed by atoms with Crippen LogP contribution in [-0.4, -0.2) is 42.5 Å². The van der Waals surface area contributed by atoms with E-state index < -0.39 is 42.5 Å². The zero-order valence-electron chi connectivity index (χ0n) is 23.8. The molecule has 0 aliphatic rings. The molecule has 0 aliphatic heterocycles. The van der Waals surface area contributed by atoms with Crippen LogP contribution in [0.15, 0.2) is 54.6 Å². The summed E-state index contributed by atoms with van der Waals surface area (Å²) in [7, 11) is -2.22. The second-order valence-electron chi connectivity index (χ2n) is 11.1. The summed E-state index contributed by atoms with van der Waals surface area (Å²) < 4.78 is 35.5. The van der Waals surface area contributed by atoms with Crippen molar-refractivity contribution in [1.82, 2.24) is 0 Å². The van der Waals surface area contributed by atoms with Crippen molar-refractivity contribution in [2.45, 2.75) is 72.2 Å². The molecule has 2 aromatic rings. The Morgan fingerprint density at radius 2 is 1.46 bits per heavy atom. The van der Waals surface area contributed by atoms with Gasteiger partial charge in [-0.3, -0.25) is 19.5 Å². The average Bonchev–Trinajstić information content (AvgIpc) is 2.84. The lowest BCUT2D eigenvalue weighted by molar-refractivity contribution is -0.160. The maximum Gasteiger partial charge on any atom is 0.411 e. The average molecular weight is 562 g/mol. The molecule has 0 bridgehead atoms. The Hall–Kier alpha value is -3.16. The molecule has 0 saturated carbocycles. The number of esters is 2. The highest BCUT2D eigenvalue weighted by molar-refractivity contribution is 7.67. The van der Waals surface area contributed by atoms with Crippen LogP contribution in [0.5, 0.6) is 0 Å². The molecule has 0 spiro atoms. The highest BCUT2D eigenvalue weighted by Crippen LogP contribution is 2.47. The molecule has 2 atom stereocenters. The van der Waals surface area contributed by atoms with E-state index in [4.69, 9.17) is 18.7 Å². The van der Waals surface area contributed by atoms with E-state index in [1.54, 1.807) is 65.8 Å². The molecule has 9 nitrogen and oxygen atoms in total. The third kappa shape index (κ3) is 11.6. The minimum atomic E-state index is -3.53. The summed E-state index contributed by atoms with van der Waals surface area (Å²) in [6, 6.07) is 15.6. The minimum absolute atomic E-state index is 0.0428. The molecule has 0 radical (unpaired) electrons. The number of rotatable bonds is 11. The lowest BCUT2D eigenvalue weighted by Crippen LogP contribution is -2.32. The number of benzene rings is 2. The second kappa shape index (κ2) is 13.8. The van der Waals surface area contributed by atoms with Gasteiger partial charge in [0.1, 0.15) is 17.8 Å². The Bertz CT molecular complexity index is 1150. The smallest absolute Gasteiger partial charge is 0.411 e. The summed E-state index contributed by atoms with van der Waals surface area (Å²) in [6.07, 6.45) is -0.746. The summed E-state index contributed by atoms with van der Waals surface area (Å²) >= 11 is 0. The number of anilines is 1. The largest absolute Gasteiger partial charge is 0.460 e. The number of ether oxygens (including phenoxy) is 3. The second-order valence-corrected chi connectivity index (χ2v) is 13.7. The Morgan fingerprint density at radius 1 is 0.872 bits per heavy atom. The maximum atomic E-state index is 13.9. The van der Waals surface area contributed by atoms with Crippen LogP contribution < -0.4 is 10.6 Å². The molecule has 39 heavy (non-hydrogen) atoms. The van der Waals surface area contributed by atoms with E-state index in [0.29, 0.717) is 11.0 Å². The van der Waals surface area contributed by atoms with Gasteiger partial charge in [-0.1, -0.05) is 30.3 Å². The standard InChI is InChI=1S/C29H40NO8P/c1-28(2,3)37-25(31)18-13-22(26(32)38-29(4,5)6)20-39(34,35-7)24-16-14-23(15-17-24)30-27(33)36-19-21-11-9-8-10-12-21/h8-12,14-17,22H,13,18-20H2,1-7H3,(H,30,33). The zero-order valence-corrected chi connectivity index (χ0v) is 24.7. The van der Waals surface area contributed by atoms with Crippen LogP contribution in [0.1, 0.15) is 59.9 Å². The fourth-order valence-corrected chi connectivity index (χ4v) is 5.66. The van der Waals surface area contributed by atoms with Crippen LogP contribution in [0, 0.1) is 5.92 Å². The summed E-state index contributed by atoms with van der Waals surface area (Å²) in [6.45, 7) is 10.6. The molecule has 0 aliphatic carbocycles. The number of carbonyl (C=O) groups is 3. The highest BCUT2D eigenvalue weighted by Gasteiger charge is 2.35. The normalized spacial score (nSPS) is 14.0. The minimum Gasteiger partial charge on any atom is -0.460 e. The predicted molar refractivity (Wildman–Crippen MR) is 150 cm³/mol. The number of hydrogen-bond donors (Lipinski definition) is 1. The van der Waals surface area contributed by atoms with Gasteiger partial charge in [-0.05, 0) is 77.8 Å². The summed E-state index contributed by atoms with van der Waals surface area (Å²) in [4.78, 5) is 37.5. The van der Waals surface area contributed by atoms with Gasteiger partial charge in [-0.2, -0.15) is 0 Å². The van der Waals surface area contributed by atoms with E-state index in [1.165, 1.54) is 7.11 Å². The molecule has 1 N–H and O–H groups in total. The third-order valence-electron chi connectivity index (χ3n) is 5.33. The Labute approximate surface area is 231 Å². The van der Waals surface area contributed by atoms with E-state index >= 15 is 0 Å². The first-order chi connectivity index (χ1) is 18.1. The molecular weight excluding hydrogens is 521 g/mol. The van der Waals surface area contributed by atoms with Gasteiger partial charge in [0.05, 0.1) is 5.92 Å². The van der Waals surface area contributed by atoms with Crippen LogP contribution in [0.25, 0.3) is 0 Å². The van der Waals surface area contributed by atoms with Crippen molar-refractivity contribution in [2.75, 3.05) is 18.6 Å². The van der Waals surface area contributed by atoms with Gasteiger partial charge in [-0.15, -0.1) is 0 Å². The first-order valence-electron chi connectivity index (χ1n) is 12.8. The number of amides is 1. The molecule has 1 amide bonds. The first-order valence-corrected chi connectivity index (χ1v) is 14.6. The fourth-order valence-electron chi connectivity index (χ4n) is 3.58. The SMILES string of the molecule is COP(=O)(CC(CCC(=O)OC(C)(C)C)C(=O)OC(C)(C)C)c1ccc(NC(=O)OCc2ccccc2)cc1. The highest BCUT2D eigenvalue weighted by atomic mass is 31.2. The molecule has 2 aromatic carbocycles. The predicted octanol–water partition coefficient (Wildman–Crippen LogP) is 6.06. The van der Waals surface area contributed by atoms with Gasteiger partial charge >= 0.3 is 18.0 Å². The van der Waals surface area contributed by atoms with Crippen LogP contribution in [0.2, 0.25) is 0 Å². The van der Waals surface area contributed by atoms with E-state index in [-0.39, 0.29) is 25.6 Å². The van der Waals surface area contributed by atoms with E-state index in [0.717, 1.165) is 5.56 Å². The molecule has 0 aromatic heterocycles. The van der Waals surface area contributed by atoms with E-state index in [2.05, 4.69) is 5.32 Å². The molecule has 2 unspecified atom stereocenters. The van der Waals surface area contributed by atoms with Crippen molar-refractivity contribution in [3.05, 3.63) is 60.2 Å². The maximum absolute atomic E-state index is 13.9. The quantitative estimate of drug-likeness (QED) is 0.200. The number of nitrogens with one attached hydrogen (secondary N) is 1. The van der Waals surface area contributed by atoms with Crippen molar-refractivity contribution < 1.29 is 37.7 Å². The van der Waals surface area contributed by atoms with Crippen molar-refractivity contribution in [3.63, 3.8) is 0 Å². The molecule has 10 heteroatoms. The van der Waals surface area contributed by atoms with Crippen molar-refractivity contribution in [2.24, 2.45) is 5.92 Å². The van der Waals surface area contributed by atoms with Crippen LogP contribution in [0.4, 0.5) is 10.5 Å². The van der Waals surface area contributed by atoms with Crippen LogP contribution >= 0.6 is 7.37 Å². The van der Waals surface area contributed by atoms with E-state index in [1.807, 2.05) is 30.3 Å². The molecule has 0 heterocycles. The lowest BCUT2D eigenvalue weighted by atomic mass is 10.0. The first kappa shape index (κ1) is 32.1. The Balaban J connectivity index is 2.11. The van der Waals surface area contributed by atoms with Crippen molar-refractivity contribution >= 4 is 36.4 Å². The van der Waals surface area contributed by atoms with Gasteiger partial charge in [0.15, 0.2) is 0 Å². The van der Waals surface area contributed by atoms with Gasteiger partial charge in [0.2, 0.25) is 7.37 Å². The molecule has 0 fully saturated rings. The molecule has 0 saturated heterocycles. The van der Waals surface area contributed by atoms with Gasteiger partial charge in [0.25, 0.3) is 0 Å².